The predicted molar refractivity (Wildman–Crippen MR) is 107 cm³/mol. The first kappa shape index (κ1) is 18.0. The summed E-state index contributed by atoms with van der Waals surface area (Å²) in [5, 5.41) is 4.46. The molecule has 1 N–H and O–H groups in total. The fourth-order valence-corrected chi connectivity index (χ4v) is 3.86. The van der Waals surface area contributed by atoms with Crippen LogP contribution < -0.4 is 16.6 Å². The molecule has 28 heavy (non-hydrogen) atoms. The Bertz CT molecular complexity index is 1260. The number of carbonyl (C=O) groups excluding carboxylic acids is 1. The summed E-state index contributed by atoms with van der Waals surface area (Å²) in [7, 11) is 0. The van der Waals surface area contributed by atoms with Crippen molar-refractivity contribution in [2.24, 2.45) is 0 Å². The van der Waals surface area contributed by atoms with Gasteiger partial charge in [-0.15, -0.1) is 11.3 Å². The van der Waals surface area contributed by atoms with Crippen molar-refractivity contribution in [3.05, 3.63) is 86.3 Å². The van der Waals surface area contributed by atoms with E-state index < -0.39 is 5.69 Å². The average molecular weight is 395 g/mol. The lowest BCUT2D eigenvalue weighted by molar-refractivity contribution is -0.121. The van der Waals surface area contributed by atoms with Crippen molar-refractivity contribution in [2.75, 3.05) is 0 Å². The second-order valence-electron chi connectivity index (χ2n) is 6.34. The van der Waals surface area contributed by atoms with Crippen molar-refractivity contribution in [3.63, 3.8) is 0 Å². The fraction of sp³-hybridized carbons (Fsp3) is 0.150. The van der Waals surface area contributed by atoms with Gasteiger partial charge in [0.15, 0.2) is 0 Å². The first-order valence-corrected chi connectivity index (χ1v) is 9.52. The molecule has 0 aliphatic heterocycles. The monoisotopic (exact) mass is 395 g/mol. The molecule has 0 spiro atoms. The van der Waals surface area contributed by atoms with Crippen molar-refractivity contribution in [1.29, 1.82) is 0 Å². The number of thiophene rings is 1. The highest BCUT2D eigenvalue weighted by atomic mass is 32.1. The number of carbonyl (C=O) groups is 1. The molecule has 0 saturated heterocycles. The summed E-state index contributed by atoms with van der Waals surface area (Å²) in [5.74, 6) is 0.270. The van der Waals surface area contributed by atoms with Gasteiger partial charge in [-0.25, -0.2) is 9.36 Å². The Morgan fingerprint density at radius 3 is 2.79 bits per heavy atom. The Hall–Kier alpha value is -3.39. The third-order valence-corrected chi connectivity index (χ3v) is 5.25. The van der Waals surface area contributed by atoms with Crippen LogP contribution in [-0.4, -0.2) is 15.0 Å². The van der Waals surface area contributed by atoms with Crippen LogP contribution in [-0.2, 0) is 17.9 Å². The molecule has 0 atom stereocenters. The standard InChI is InChI=1S/C20H17N3O4S/c1-13-4-2-5-14(10-13)23-19(25)18-16(7-9-28-18)22(20(23)26)12-17(24)21-11-15-6-3-8-27-15/h2-10H,11-12H2,1H3,(H,21,24). The van der Waals surface area contributed by atoms with Crippen LogP contribution in [0.25, 0.3) is 15.9 Å². The zero-order valence-electron chi connectivity index (χ0n) is 15.0. The van der Waals surface area contributed by atoms with Gasteiger partial charge in [0.05, 0.1) is 24.0 Å². The molecule has 0 saturated carbocycles. The molecule has 3 heterocycles. The van der Waals surface area contributed by atoms with Gasteiger partial charge < -0.3 is 9.73 Å². The molecule has 1 aromatic carbocycles. The Labute approximate surface area is 163 Å². The van der Waals surface area contributed by atoms with Crippen LogP contribution in [0, 0.1) is 6.92 Å². The van der Waals surface area contributed by atoms with E-state index >= 15 is 0 Å². The molecular weight excluding hydrogens is 378 g/mol. The summed E-state index contributed by atoms with van der Waals surface area (Å²) >= 11 is 1.25. The van der Waals surface area contributed by atoms with E-state index in [4.69, 9.17) is 4.42 Å². The van der Waals surface area contributed by atoms with E-state index in [1.54, 1.807) is 41.8 Å². The molecule has 4 rings (SSSR count). The Balaban J connectivity index is 1.75. The molecule has 1 amide bonds. The normalized spacial score (nSPS) is 11.0. The Morgan fingerprint density at radius 1 is 1.18 bits per heavy atom. The molecule has 0 aliphatic carbocycles. The first-order chi connectivity index (χ1) is 13.5. The SMILES string of the molecule is Cc1cccc(-n2c(=O)c3sccc3n(CC(=O)NCc3ccco3)c2=O)c1. The van der Waals surface area contributed by atoms with E-state index in [2.05, 4.69) is 5.32 Å². The number of aryl methyl sites for hydroxylation is 1. The maximum Gasteiger partial charge on any atom is 0.336 e. The molecule has 0 fully saturated rings. The molecule has 7 nitrogen and oxygen atoms in total. The summed E-state index contributed by atoms with van der Waals surface area (Å²) in [6.45, 7) is 1.92. The summed E-state index contributed by atoms with van der Waals surface area (Å²) in [5.41, 5.74) is 0.937. The van der Waals surface area contributed by atoms with E-state index in [1.165, 1.54) is 22.2 Å². The quantitative estimate of drug-likeness (QED) is 0.562. The third-order valence-electron chi connectivity index (χ3n) is 4.36. The van der Waals surface area contributed by atoms with Crippen LogP contribution in [0.15, 0.2) is 68.1 Å². The lowest BCUT2D eigenvalue weighted by Crippen LogP contribution is -2.41. The molecule has 0 bridgehead atoms. The van der Waals surface area contributed by atoms with Gasteiger partial charge in [-0.2, -0.15) is 0 Å². The van der Waals surface area contributed by atoms with Gasteiger partial charge in [0.1, 0.15) is 17.0 Å². The highest BCUT2D eigenvalue weighted by molar-refractivity contribution is 7.17. The second kappa shape index (κ2) is 7.32. The third kappa shape index (κ3) is 3.29. The van der Waals surface area contributed by atoms with Gasteiger partial charge in [0.25, 0.3) is 5.56 Å². The predicted octanol–water partition coefficient (Wildman–Crippen LogP) is 2.43. The maximum absolute atomic E-state index is 13.1. The van der Waals surface area contributed by atoms with Crippen molar-refractivity contribution in [1.82, 2.24) is 14.5 Å². The summed E-state index contributed by atoms with van der Waals surface area (Å²) in [6, 6.07) is 12.3. The molecule has 0 unspecified atom stereocenters. The van der Waals surface area contributed by atoms with Crippen LogP contribution in [0.1, 0.15) is 11.3 Å². The number of nitrogens with one attached hydrogen (secondary N) is 1. The van der Waals surface area contributed by atoms with Crippen LogP contribution >= 0.6 is 11.3 Å². The van der Waals surface area contributed by atoms with Crippen molar-refractivity contribution >= 4 is 27.5 Å². The molecule has 4 aromatic rings. The Kier molecular flexibility index (Phi) is 4.70. The smallest absolute Gasteiger partial charge is 0.336 e. The number of aromatic nitrogens is 2. The second-order valence-corrected chi connectivity index (χ2v) is 7.26. The fourth-order valence-electron chi connectivity index (χ4n) is 3.03. The van der Waals surface area contributed by atoms with Gasteiger partial charge in [-0.3, -0.25) is 14.2 Å². The van der Waals surface area contributed by atoms with E-state index in [0.29, 0.717) is 21.7 Å². The molecule has 0 radical (unpaired) electrons. The minimum absolute atomic E-state index is 0.196. The van der Waals surface area contributed by atoms with Crippen LogP contribution in [0.3, 0.4) is 0 Å². The number of rotatable bonds is 5. The molecule has 0 aliphatic rings. The van der Waals surface area contributed by atoms with Gasteiger partial charge in [-0.1, -0.05) is 12.1 Å². The van der Waals surface area contributed by atoms with Crippen molar-refractivity contribution < 1.29 is 9.21 Å². The number of furan rings is 1. The van der Waals surface area contributed by atoms with Crippen LogP contribution in [0.2, 0.25) is 0 Å². The largest absolute Gasteiger partial charge is 0.467 e. The lowest BCUT2D eigenvalue weighted by Gasteiger charge is -2.12. The van der Waals surface area contributed by atoms with Crippen molar-refractivity contribution in [3.8, 4) is 5.69 Å². The van der Waals surface area contributed by atoms with Gasteiger partial charge in [-0.05, 0) is 48.2 Å². The van der Waals surface area contributed by atoms with Crippen molar-refractivity contribution in [2.45, 2.75) is 20.0 Å². The number of amides is 1. The van der Waals surface area contributed by atoms with Gasteiger partial charge >= 0.3 is 5.69 Å². The van der Waals surface area contributed by atoms with E-state index in [9.17, 15) is 14.4 Å². The van der Waals surface area contributed by atoms with Gasteiger partial charge in [0, 0.05) is 0 Å². The molecule has 8 heteroatoms. The number of nitrogens with zero attached hydrogens (tertiary/aromatic N) is 2. The minimum atomic E-state index is -0.547. The lowest BCUT2D eigenvalue weighted by atomic mass is 10.2. The summed E-state index contributed by atoms with van der Waals surface area (Å²) in [4.78, 5) is 38.4. The number of fused-ring (bicyclic) bond motifs is 1. The minimum Gasteiger partial charge on any atom is -0.467 e. The average Bonchev–Trinajstić information content (AvgIpc) is 3.35. The van der Waals surface area contributed by atoms with E-state index in [1.807, 2.05) is 13.0 Å². The number of hydrogen-bond donors (Lipinski definition) is 1. The topological polar surface area (TPSA) is 86.2 Å². The van der Waals surface area contributed by atoms with Crippen LogP contribution in [0.5, 0.6) is 0 Å². The highest BCUT2D eigenvalue weighted by Crippen LogP contribution is 2.16. The summed E-state index contributed by atoms with van der Waals surface area (Å²) < 4.78 is 8.07. The zero-order valence-corrected chi connectivity index (χ0v) is 15.9. The van der Waals surface area contributed by atoms with E-state index in [0.717, 1.165) is 10.1 Å². The zero-order chi connectivity index (χ0) is 19.7. The highest BCUT2D eigenvalue weighted by Gasteiger charge is 2.17. The molecular formula is C20H17N3O4S. The molecule has 3 aromatic heterocycles. The Morgan fingerprint density at radius 2 is 2.04 bits per heavy atom. The summed E-state index contributed by atoms with van der Waals surface area (Å²) in [6.07, 6.45) is 1.53. The van der Waals surface area contributed by atoms with Crippen LogP contribution in [0.4, 0.5) is 0 Å². The van der Waals surface area contributed by atoms with Gasteiger partial charge in [0.2, 0.25) is 5.91 Å². The number of hydrogen-bond acceptors (Lipinski definition) is 5. The number of benzene rings is 1. The maximum atomic E-state index is 13.1. The molecule has 142 valence electrons. The van der Waals surface area contributed by atoms with E-state index in [-0.39, 0.29) is 24.6 Å². The first-order valence-electron chi connectivity index (χ1n) is 8.64.